The molecule has 0 fully saturated rings. The summed E-state index contributed by atoms with van der Waals surface area (Å²) in [7, 11) is 1.56. The van der Waals surface area contributed by atoms with Crippen LogP contribution in [0.15, 0.2) is 29.4 Å². The highest BCUT2D eigenvalue weighted by Crippen LogP contribution is 2.14. The summed E-state index contributed by atoms with van der Waals surface area (Å²) in [5, 5.41) is 3.90. The van der Waals surface area contributed by atoms with E-state index in [1.54, 1.807) is 7.11 Å². The molecule has 0 saturated carbocycles. The van der Waals surface area contributed by atoms with Gasteiger partial charge in [0, 0.05) is 0 Å². The Morgan fingerprint density at radius 2 is 1.74 bits per heavy atom. The molecule has 0 spiro atoms. The lowest BCUT2D eigenvalue weighted by Crippen LogP contribution is -1.99. The Kier molecular flexibility index (Phi) is 7.71. The molecule has 0 bridgehead atoms. The number of benzene rings is 1. The van der Waals surface area contributed by atoms with Crippen LogP contribution in [0.4, 0.5) is 0 Å². The van der Waals surface area contributed by atoms with Gasteiger partial charge in [0.15, 0.2) is 0 Å². The molecule has 0 aromatic heterocycles. The molecule has 1 rings (SSSR count). The maximum absolute atomic E-state index is 5.71. The van der Waals surface area contributed by atoms with Crippen LogP contribution in [0, 0.1) is 0 Å². The lowest BCUT2D eigenvalue weighted by Gasteiger charge is -2.07. The van der Waals surface area contributed by atoms with Crippen molar-refractivity contribution >= 4 is 5.71 Å². The summed E-state index contributed by atoms with van der Waals surface area (Å²) < 4.78 is 5.71. The van der Waals surface area contributed by atoms with Crippen LogP contribution in [0.5, 0.6) is 5.75 Å². The largest absolute Gasteiger partial charge is 0.494 e. The predicted molar refractivity (Wildman–Crippen MR) is 79.9 cm³/mol. The standard InChI is InChI=1S/C16H25NO2/c1-4-5-6-7-8-13-19-16-11-9-15(10-12-16)14(2)17-18-3/h9-12H,4-8,13H2,1-3H3/b17-14+. The second kappa shape index (κ2) is 9.42. The molecular weight excluding hydrogens is 238 g/mol. The van der Waals surface area contributed by atoms with E-state index in [0.29, 0.717) is 0 Å². The van der Waals surface area contributed by atoms with Gasteiger partial charge in [0.2, 0.25) is 0 Å². The molecule has 3 heteroatoms. The van der Waals surface area contributed by atoms with Gasteiger partial charge in [-0.15, -0.1) is 0 Å². The Balaban J connectivity index is 2.30. The second-order valence-corrected chi connectivity index (χ2v) is 4.65. The van der Waals surface area contributed by atoms with Crippen LogP contribution in [0.25, 0.3) is 0 Å². The van der Waals surface area contributed by atoms with Crippen LogP contribution in [0.1, 0.15) is 51.5 Å². The Hall–Kier alpha value is -1.51. The monoisotopic (exact) mass is 263 g/mol. The average Bonchev–Trinajstić information content (AvgIpc) is 2.43. The van der Waals surface area contributed by atoms with Crippen LogP contribution in [0.2, 0.25) is 0 Å². The lowest BCUT2D eigenvalue weighted by atomic mass is 10.1. The van der Waals surface area contributed by atoms with Crippen molar-refractivity contribution < 1.29 is 9.57 Å². The van der Waals surface area contributed by atoms with E-state index in [9.17, 15) is 0 Å². The molecule has 3 nitrogen and oxygen atoms in total. The number of rotatable bonds is 9. The van der Waals surface area contributed by atoms with Gasteiger partial charge in [-0.05, 0) is 43.2 Å². The lowest BCUT2D eigenvalue weighted by molar-refractivity contribution is 0.213. The van der Waals surface area contributed by atoms with E-state index in [2.05, 4.69) is 12.1 Å². The van der Waals surface area contributed by atoms with Crippen molar-refractivity contribution in [3.8, 4) is 5.75 Å². The first-order valence-electron chi connectivity index (χ1n) is 7.09. The fourth-order valence-electron chi connectivity index (χ4n) is 1.88. The first-order chi connectivity index (χ1) is 9.27. The van der Waals surface area contributed by atoms with Crippen LogP contribution in [-0.4, -0.2) is 19.4 Å². The summed E-state index contributed by atoms with van der Waals surface area (Å²) in [6, 6.07) is 7.97. The summed E-state index contributed by atoms with van der Waals surface area (Å²) in [6.07, 6.45) is 6.31. The predicted octanol–water partition coefficient (Wildman–Crippen LogP) is 4.41. The van der Waals surface area contributed by atoms with E-state index >= 15 is 0 Å². The molecule has 0 N–H and O–H groups in total. The topological polar surface area (TPSA) is 30.8 Å². The van der Waals surface area contributed by atoms with Gasteiger partial charge < -0.3 is 9.57 Å². The summed E-state index contributed by atoms with van der Waals surface area (Å²) in [5.74, 6) is 0.921. The summed E-state index contributed by atoms with van der Waals surface area (Å²) >= 11 is 0. The SMILES string of the molecule is CCCCCCCOc1ccc(/C(C)=N/OC)cc1. The van der Waals surface area contributed by atoms with E-state index in [4.69, 9.17) is 9.57 Å². The molecule has 106 valence electrons. The normalized spacial score (nSPS) is 11.4. The maximum Gasteiger partial charge on any atom is 0.119 e. The van der Waals surface area contributed by atoms with Crippen LogP contribution < -0.4 is 4.74 Å². The van der Waals surface area contributed by atoms with Gasteiger partial charge in [-0.3, -0.25) is 0 Å². The number of oxime groups is 1. The minimum absolute atomic E-state index is 0.800. The van der Waals surface area contributed by atoms with Crippen molar-refractivity contribution in [2.75, 3.05) is 13.7 Å². The van der Waals surface area contributed by atoms with Crippen LogP contribution in [-0.2, 0) is 4.84 Å². The van der Waals surface area contributed by atoms with E-state index in [1.165, 1.54) is 25.7 Å². The van der Waals surface area contributed by atoms with Gasteiger partial charge in [0.25, 0.3) is 0 Å². The Bertz CT molecular complexity index is 371. The third-order valence-corrected chi connectivity index (χ3v) is 3.02. The van der Waals surface area contributed by atoms with Crippen molar-refractivity contribution in [2.45, 2.75) is 46.0 Å². The highest BCUT2D eigenvalue weighted by Gasteiger charge is 1.99. The zero-order chi connectivity index (χ0) is 13.9. The zero-order valence-electron chi connectivity index (χ0n) is 12.3. The maximum atomic E-state index is 5.71. The molecule has 0 aliphatic carbocycles. The van der Waals surface area contributed by atoms with Crippen molar-refractivity contribution in [1.29, 1.82) is 0 Å². The summed E-state index contributed by atoms with van der Waals surface area (Å²) in [6.45, 7) is 4.95. The van der Waals surface area contributed by atoms with Crippen molar-refractivity contribution in [3.63, 3.8) is 0 Å². The average molecular weight is 263 g/mol. The number of nitrogens with zero attached hydrogens (tertiary/aromatic N) is 1. The smallest absolute Gasteiger partial charge is 0.119 e. The first kappa shape index (κ1) is 15.5. The Labute approximate surface area is 116 Å². The fourth-order valence-corrected chi connectivity index (χ4v) is 1.88. The zero-order valence-corrected chi connectivity index (χ0v) is 12.3. The minimum atomic E-state index is 0.800. The third kappa shape index (κ3) is 6.27. The van der Waals surface area contributed by atoms with Gasteiger partial charge in [0.1, 0.15) is 12.9 Å². The number of ether oxygens (including phenoxy) is 1. The summed E-state index contributed by atoms with van der Waals surface area (Å²) in [4.78, 5) is 4.76. The molecular formula is C16H25NO2. The van der Waals surface area contributed by atoms with Crippen molar-refractivity contribution in [3.05, 3.63) is 29.8 Å². The number of hydrogen-bond acceptors (Lipinski definition) is 3. The minimum Gasteiger partial charge on any atom is -0.494 e. The van der Waals surface area contributed by atoms with E-state index in [-0.39, 0.29) is 0 Å². The molecule has 19 heavy (non-hydrogen) atoms. The number of hydrogen-bond donors (Lipinski definition) is 0. The molecule has 1 aromatic rings. The van der Waals surface area contributed by atoms with Gasteiger partial charge >= 0.3 is 0 Å². The molecule has 0 saturated heterocycles. The van der Waals surface area contributed by atoms with E-state index < -0.39 is 0 Å². The first-order valence-corrected chi connectivity index (χ1v) is 7.09. The molecule has 1 aromatic carbocycles. The molecule has 0 amide bonds. The Morgan fingerprint density at radius 1 is 1.05 bits per heavy atom. The van der Waals surface area contributed by atoms with Gasteiger partial charge in [0.05, 0.1) is 12.3 Å². The third-order valence-electron chi connectivity index (χ3n) is 3.02. The quantitative estimate of drug-likeness (QED) is 0.375. The molecule has 0 aliphatic heterocycles. The molecule has 0 atom stereocenters. The molecule has 0 heterocycles. The van der Waals surface area contributed by atoms with Gasteiger partial charge in [-0.2, -0.15) is 0 Å². The highest BCUT2D eigenvalue weighted by atomic mass is 16.6. The van der Waals surface area contributed by atoms with Gasteiger partial charge in [-0.25, -0.2) is 0 Å². The molecule has 0 unspecified atom stereocenters. The second-order valence-electron chi connectivity index (χ2n) is 4.65. The fraction of sp³-hybridized carbons (Fsp3) is 0.562. The van der Waals surface area contributed by atoms with Crippen LogP contribution >= 0.6 is 0 Å². The van der Waals surface area contributed by atoms with Gasteiger partial charge in [-0.1, -0.05) is 37.8 Å². The van der Waals surface area contributed by atoms with E-state index in [1.807, 2.05) is 31.2 Å². The van der Waals surface area contributed by atoms with Crippen LogP contribution in [0.3, 0.4) is 0 Å². The van der Waals surface area contributed by atoms with Crippen molar-refractivity contribution in [1.82, 2.24) is 0 Å². The number of unbranched alkanes of at least 4 members (excludes halogenated alkanes) is 4. The molecule has 0 aliphatic rings. The van der Waals surface area contributed by atoms with Crippen molar-refractivity contribution in [2.24, 2.45) is 5.16 Å². The molecule has 0 radical (unpaired) electrons. The van der Waals surface area contributed by atoms with E-state index in [0.717, 1.165) is 30.1 Å². The Morgan fingerprint density at radius 3 is 2.37 bits per heavy atom. The summed E-state index contributed by atoms with van der Waals surface area (Å²) in [5.41, 5.74) is 1.92. The highest BCUT2D eigenvalue weighted by molar-refractivity contribution is 5.98.